The number of halogens is 1. The summed E-state index contributed by atoms with van der Waals surface area (Å²) in [5.74, 6) is -0.00679. The molecule has 2 rings (SSSR count). The monoisotopic (exact) mass is 266 g/mol. The van der Waals surface area contributed by atoms with E-state index in [4.69, 9.17) is 10.5 Å². The van der Waals surface area contributed by atoms with Gasteiger partial charge in [-0.25, -0.2) is 4.39 Å². The SMILES string of the molecule is CCN1CCC(CN)(c2ccc(OC)c(F)c2)CC1. The van der Waals surface area contributed by atoms with E-state index in [2.05, 4.69) is 11.8 Å². The molecule has 1 aliphatic rings. The van der Waals surface area contributed by atoms with Crippen molar-refractivity contribution >= 4 is 0 Å². The predicted molar refractivity (Wildman–Crippen MR) is 75.0 cm³/mol. The Hall–Kier alpha value is -1.13. The van der Waals surface area contributed by atoms with Crippen LogP contribution in [0.5, 0.6) is 5.75 Å². The Bertz CT molecular complexity index is 428. The van der Waals surface area contributed by atoms with E-state index < -0.39 is 0 Å². The van der Waals surface area contributed by atoms with E-state index >= 15 is 0 Å². The fraction of sp³-hybridized carbons (Fsp3) is 0.600. The Morgan fingerprint density at radius 1 is 1.37 bits per heavy atom. The Morgan fingerprint density at radius 2 is 2.05 bits per heavy atom. The second-order valence-corrected chi connectivity index (χ2v) is 5.27. The number of hydrogen-bond acceptors (Lipinski definition) is 3. The molecule has 0 aliphatic carbocycles. The van der Waals surface area contributed by atoms with Crippen molar-refractivity contribution in [2.45, 2.75) is 25.2 Å². The number of nitrogens with zero attached hydrogens (tertiary/aromatic N) is 1. The van der Waals surface area contributed by atoms with Crippen LogP contribution in [0.1, 0.15) is 25.3 Å². The van der Waals surface area contributed by atoms with Gasteiger partial charge in [-0.15, -0.1) is 0 Å². The smallest absolute Gasteiger partial charge is 0.165 e. The lowest BCUT2D eigenvalue weighted by molar-refractivity contribution is 0.168. The summed E-state index contributed by atoms with van der Waals surface area (Å²) in [6, 6.07) is 5.25. The lowest BCUT2D eigenvalue weighted by atomic mass is 9.73. The fourth-order valence-corrected chi connectivity index (χ4v) is 2.90. The minimum absolute atomic E-state index is 0.0845. The summed E-state index contributed by atoms with van der Waals surface area (Å²) < 4.78 is 18.9. The highest BCUT2D eigenvalue weighted by Crippen LogP contribution is 2.36. The summed E-state index contributed by atoms with van der Waals surface area (Å²) in [5.41, 5.74) is 6.92. The van der Waals surface area contributed by atoms with Crippen LogP contribution >= 0.6 is 0 Å². The van der Waals surface area contributed by atoms with Crippen molar-refractivity contribution in [3.05, 3.63) is 29.6 Å². The molecular weight excluding hydrogens is 243 g/mol. The van der Waals surface area contributed by atoms with E-state index in [0.29, 0.717) is 12.3 Å². The average Bonchev–Trinajstić information content (AvgIpc) is 2.47. The van der Waals surface area contributed by atoms with Gasteiger partial charge in [-0.2, -0.15) is 0 Å². The molecule has 1 aliphatic heterocycles. The van der Waals surface area contributed by atoms with E-state index in [1.54, 1.807) is 12.1 Å². The van der Waals surface area contributed by atoms with Crippen molar-refractivity contribution < 1.29 is 9.13 Å². The first-order valence-electron chi connectivity index (χ1n) is 6.91. The van der Waals surface area contributed by atoms with Gasteiger partial charge in [0.2, 0.25) is 0 Å². The molecule has 3 nitrogen and oxygen atoms in total. The standard InChI is InChI=1S/C15H23FN2O/c1-3-18-8-6-15(11-17,7-9-18)12-4-5-14(19-2)13(16)10-12/h4-5,10H,3,6-9,11,17H2,1-2H3. The number of rotatable bonds is 4. The molecule has 0 radical (unpaired) electrons. The van der Waals surface area contributed by atoms with Crippen molar-refractivity contribution in [3.8, 4) is 5.75 Å². The summed E-state index contributed by atoms with van der Waals surface area (Å²) in [6.45, 7) is 5.86. The number of benzene rings is 1. The molecular formula is C15H23FN2O. The van der Waals surface area contributed by atoms with Crippen molar-refractivity contribution in [1.29, 1.82) is 0 Å². The Kier molecular flexibility index (Phi) is 4.42. The van der Waals surface area contributed by atoms with Crippen molar-refractivity contribution in [2.24, 2.45) is 5.73 Å². The highest BCUT2D eigenvalue weighted by molar-refractivity contribution is 5.34. The molecule has 1 fully saturated rings. The predicted octanol–water partition coefficient (Wildman–Crippen LogP) is 2.15. The van der Waals surface area contributed by atoms with Crippen LogP contribution in [0.3, 0.4) is 0 Å². The number of likely N-dealkylation sites (tertiary alicyclic amines) is 1. The minimum atomic E-state index is -0.300. The van der Waals surface area contributed by atoms with Gasteiger partial charge >= 0.3 is 0 Å². The molecule has 0 unspecified atom stereocenters. The summed E-state index contributed by atoms with van der Waals surface area (Å²) in [4.78, 5) is 2.41. The fourth-order valence-electron chi connectivity index (χ4n) is 2.90. The third-order valence-corrected chi connectivity index (χ3v) is 4.42. The molecule has 0 aromatic heterocycles. The molecule has 1 aromatic carbocycles. The largest absolute Gasteiger partial charge is 0.494 e. The third-order valence-electron chi connectivity index (χ3n) is 4.42. The quantitative estimate of drug-likeness (QED) is 0.907. The van der Waals surface area contributed by atoms with Crippen molar-refractivity contribution in [3.63, 3.8) is 0 Å². The maximum atomic E-state index is 13.9. The molecule has 1 saturated heterocycles. The molecule has 106 valence electrons. The van der Waals surface area contributed by atoms with Crippen LogP contribution in [0.4, 0.5) is 4.39 Å². The van der Waals surface area contributed by atoms with Crippen LogP contribution in [-0.4, -0.2) is 38.2 Å². The highest BCUT2D eigenvalue weighted by atomic mass is 19.1. The Balaban J connectivity index is 2.24. The summed E-state index contributed by atoms with van der Waals surface area (Å²) in [7, 11) is 1.48. The van der Waals surface area contributed by atoms with E-state index in [9.17, 15) is 4.39 Å². The van der Waals surface area contributed by atoms with Gasteiger partial charge in [0.15, 0.2) is 11.6 Å². The summed E-state index contributed by atoms with van der Waals surface area (Å²) in [5, 5.41) is 0. The zero-order valence-electron chi connectivity index (χ0n) is 11.8. The van der Waals surface area contributed by atoms with Gasteiger partial charge in [0.05, 0.1) is 7.11 Å². The van der Waals surface area contributed by atoms with Gasteiger partial charge in [-0.05, 0) is 50.2 Å². The summed E-state index contributed by atoms with van der Waals surface area (Å²) >= 11 is 0. The number of piperidine rings is 1. The molecule has 0 saturated carbocycles. The second-order valence-electron chi connectivity index (χ2n) is 5.27. The molecule has 0 bridgehead atoms. The van der Waals surface area contributed by atoms with Gasteiger partial charge < -0.3 is 15.4 Å². The van der Waals surface area contributed by atoms with Gasteiger partial charge in [0, 0.05) is 12.0 Å². The first-order valence-corrected chi connectivity index (χ1v) is 6.91. The zero-order valence-corrected chi connectivity index (χ0v) is 11.8. The van der Waals surface area contributed by atoms with E-state index in [-0.39, 0.29) is 11.2 Å². The van der Waals surface area contributed by atoms with Gasteiger partial charge in [0.25, 0.3) is 0 Å². The third kappa shape index (κ3) is 2.74. The Labute approximate surface area is 114 Å². The maximum Gasteiger partial charge on any atom is 0.165 e. The average molecular weight is 266 g/mol. The van der Waals surface area contributed by atoms with Crippen LogP contribution in [0.2, 0.25) is 0 Å². The molecule has 0 spiro atoms. The van der Waals surface area contributed by atoms with Crippen LogP contribution in [0.25, 0.3) is 0 Å². The lowest BCUT2D eigenvalue weighted by Crippen LogP contribution is -2.46. The van der Waals surface area contributed by atoms with Crippen LogP contribution in [-0.2, 0) is 5.41 Å². The molecule has 4 heteroatoms. The highest BCUT2D eigenvalue weighted by Gasteiger charge is 2.35. The number of hydrogen-bond donors (Lipinski definition) is 1. The maximum absolute atomic E-state index is 13.9. The normalized spacial score (nSPS) is 19.4. The van der Waals surface area contributed by atoms with Crippen LogP contribution in [0.15, 0.2) is 18.2 Å². The van der Waals surface area contributed by atoms with E-state index in [0.717, 1.165) is 38.0 Å². The molecule has 1 aromatic rings. The second kappa shape index (κ2) is 5.88. The molecule has 19 heavy (non-hydrogen) atoms. The number of nitrogens with two attached hydrogens (primary N) is 1. The first kappa shape index (κ1) is 14.3. The molecule has 0 amide bonds. The molecule has 2 N–H and O–H groups in total. The number of ether oxygens (including phenoxy) is 1. The van der Waals surface area contributed by atoms with Crippen LogP contribution < -0.4 is 10.5 Å². The molecule has 1 heterocycles. The van der Waals surface area contributed by atoms with Gasteiger partial charge in [0.1, 0.15) is 0 Å². The molecule has 0 atom stereocenters. The van der Waals surface area contributed by atoms with Crippen LogP contribution in [0, 0.1) is 5.82 Å². The lowest BCUT2D eigenvalue weighted by Gasteiger charge is -2.41. The van der Waals surface area contributed by atoms with E-state index in [1.165, 1.54) is 7.11 Å². The first-order chi connectivity index (χ1) is 9.15. The Morgan fingerprint density at radius 3 is 2.53 bits per heavy atom. The topological polar surface area (TPSA) is 38.5 Å². The number of methoxy groups -OCH3 is 1. The van der Waals surface area contributed by atoms with E-state index in [1.807, 2.05) is 6.07 Å². The van der Waals surface area contributed by atoms with Gasteiger partial charge in [-0.1, -0.05) is 13.0 Å². The van der Waals surface area contributed by atoms with Crippen molar-refractivity contribution in [2.75, 3.05) is 33.3 Å². The van der Waals surface area contributed by atoms with Gasteiger partial charge in [-0.3, -0.25) is 0 Å². The zero-order chi connectivity index (χ0) is 13.9. The minimum Gasteiger partial charge on any atom is -0.494 e. The summed E-state index contributed by atoms with van der Waals surface area (Å²) in [6.07, 6.45) is 1.98. The van der Waals surface area contributed by atoms with Crippen molar-refractivity contribution in [1.82, 2.24) is 4.90 Å².